The molecule has 0 fully saturated rings. The maximum Gasteiger partial charge on any atom is 0.360 e. The van der Waals surface area contributed by atoms with E-state index in [1.54, 1.807) is 12.1 Å². The monoisotopic (exact) mass is 559 g/mol. The molecule has 1 aliphatic rings. The lowest BCUT2D eigenvalue weighted by Gasteiger charge is -2.40. The van der Waals surface area contributed by atoms with Crippen molar-refractivity contribution in [3.05, 3.63) is 75.8 Å². The third-order valence-corrected chi connectivity index (χ3v) is 10.1. The molecule has 3 rings (SSSR count). The lowest BCUT2D eigenvalue weighted by atomic mass is 9.92. The van der Waals surface area contributed by atoms with Crippen LogP contribution < -0.4 is 4.72 Å². The second-order valence-electron chi connectivity index (χ2n) is 8.06. The van der Waals surface area contributed by atoms with Crippen molar-refractivity contribution in [2.75, 3.05) is 13.2 Å². The molecule has 0 spiro atoms. The number of fused-ring (bicyclic) bond motifs is 1. The number of ketones is 1. The molecule has 0 radical (unpaired) electrons. The topological polar surface area (TPSA) is 98.8 Å². The molecule has 11 heteroatoms. The summed E-state index contributed by atoms with van der Waals surface area (Å²) in [7, 11) is -8.66. The molecule has 35 heavy (non-hydrogen) atoms. The summed E-state index contributed by atoms with van der Waals surface area (Å²) in [6.45, 7) is 4.00. The Morgan fingerprint density at radius 2 is 1.51 bits per heavy atom. The van der Waals surface area contributed by atoms with Crippen LogP contribution in [0.1, 0.15) is 55.5 Å². The first-order valence-corrected chi connectivity index (χ1v) is 15.1. The molecular weight excluding hydrogens is 532 g/mol. The number of halogens is 2. The summed E-state index contributed by atoms with van der Waals surface area (Å²) in [4.78, 5) is 12.7. The summed E-state index contributed by atoms with van der Waals surface area (Å²) < 4.78 is 56.1. The minimum Gasteiger partial charge on any atom is -0.307 e. The van der Waals surface area contributed by atoms with Crippen molar-refractivity contribution in [2.24, 2.45) is 0 Å². The zero-order chi connectivity index (χ0) is 25.7. The van der Waals surface area contributed by atoms with Gasteiger partial charge in [-0.15, -0.1) is 0 Å². The Hall–Kier alpha value is -1.51. The SMILES string of the molecule is CCCCOP(=O)(OCCCC)C1(NS(=O)(=O)c2ccc(Cl)cc2)C=C(Cl)C(=O)c2ccccc21. The van der Waals surface area contributed by atoms with E-state index in [2.05, 4.69) is 4.72 Å². The second kappa shape index (κ2) is 11.7. The van der Waals surface area contributed by atoms with Crippen molar-refractivity contribution in [2.45, 2.75) is 49.7 Å². The number of carbonyl (C=O) groups is 1. The van der Waals surface area contributed by atoms with Gasteiger partial charge in [-0.2, -0.15) is 4.72 Å². The molecule has 1 aliphatic carbocycles. The first-order chi connectivity index (χ1) is 16.6. The lowest BCUT2D eigenvalue weighted by molar-refractivity contribution is 0.103. The average Bonchev–Trinajstić information content (AvgIpc) is 2.83. The number of benzene rings is 2. The minimum absolute atomic E-state index is 0.0614. The fourth-order valence-corrected chi connectivity index (χ4v) is 8.08. The molecule has 7 nitrogen and oxygen atoms in total. The largest absolute Gasteiger partial charge is 0.360 e. The zero-order valence-corrected chi connectivity index (χ0v) is 22.7. The van der Waals surface area contributed by atoms with E-state index in [-0.39, 0.29) is 34.3 Å². The molecule has 2 aromatic rings. The fourth-order valence-electron chi connectivity index (χ4n) is 3.61. The summed E-state index contributed by atoms with van der Waals surface area (Å²) in [6.07, 6.45) is 3.79. The Morgan fingerprint density at radius 1 is 0.943 bits per heavy atom. The first kappa shape index (κ1) is 28.1. The van der Waals surface area contributed by atoms with Crippen LogP contribution >= 0.6 is 30.8 Å². The van der Waals surface area contributed by atoms with Crippen molar-refractivity contribution in [3.63, 3.8) is 0 Å². The second-order valence-corrected chi connectivity index (χ2v) is 12.8. The number of rotatable bonds is 12. The van der Waals surface area contributed by atoms with Crippen molar-refractivity contribution >= 4 is 46.6 Å². The minimum atomic E-state index is -4.34. The van der Waals surface area contributed by atoms with Gasteiger partial charge in [-0.25, -0.2) is 8.42 Å². The van der Waals surface area contributed by atoms with E-state index in [1.165, 1.54) is 36.4 Å². The predicted octanol–water partition coefficient (Wildman–Crippen LogP) is 6.62. The summed E-state index contributed by atoms with van der Waals surface area (Å²) in [5.74, 6) is -0.516. The molecule has 0 saturated heterocycles. The van der Waals surface area contributed by atoms with Crippen LogP contribution in [0.15, 0.2) is 64.5 Å². The highest BCUT2D eigenvalue weighted by molar-refractivity contribution is 7.90. The lowest BCUT2D eigenvalue weighted by Crippen LogP contribution is -2.47. The van der Waals surface area contributed by atoms with Gasteiger partial charge in [-0.3, -0.25) is 9.36 Å². The Morgan fingerprint density at radius 3 is 2.09 bits per heavy atom. The van der Waals surface area contributed by atoms with E-state index in [1.807, 2.05) is 13.8 Å². The Labute approximate surface area is 216 Å². The van der Waals surface area contributed by atoms with E-state index in [9.17, 15) is 17.8 Å². The van der Waals surface area contributed by atoms with Gasteiger partial charge in [0.25, 0.3) is 0 Å². The van der Waals surface area contributed by atoms with Crippen LogP contribution in [0.5, 0.6) is 0 Å². The van der Waals surface area contributed by atoms with E-state index < -0.39 is 28.7 Å². The van der Waals surface area contributed by atoms with Gasteiger partial charge in [0.1, 0.15) is 0 Å². The summed E-state index contributed by atoms with van der Waals surface area (Å²) in [5, 5.41) is -2.01. The number of allylic oxidation sites excluding steroid dienone is 1. The highest BCUT2D eigenvalue weighted by atomic mass is 35.5. The molecule has 1 N–H and O–H groups in total. The van der Waals surface area contributed by atoms with Crippen molar-refractivity contribution in [1.82, 2.24) is 4.72 Å². The number of nitrogens with one attached hydrogen (secondary N) is 1. The van der Waals surface area contributed by atoms with E-state index >= 15 is 0 Å². The highest BCUT2D eigenvalue weighted by Gasteiger charge is 2.57. The predicted molar refractivity (Wildman–Crippen MR) is 137 cm³/mol. The first-order valence-electron chi connectivity index (χ1n) is 11.3. The highest BCUT2D eigenvalue weighted by Crippen LogP contribution is 2.66. The molecule has 0 amide bonds. The number of sulfonamides is 1. The van der Waals surface area contributed by atoms with E-state index in [4.69, 9.17) is 32.2 Å². The molecule has 1 unspecified atom stereocenters. The fraction of sp³-hybridized carbons (Fsp3) is 0.375. The van der Waals surface area contributed by atoms with E-state index in [0.29, 0.717) is 17.9 Å². The molecule has 0 aliphatic heterocycles. The molecule has 190 valence electrons. The maximum atomic E-state index is 14.6. The van der Waals surface area contributed by atoms with E-state index in [0.717, 1.165) is 18.9 Å². The number of unbranched alkanes of at least 4 members (excludes halogenated alkanes) is 2. The summed E-state index contributed by atoms with van der Waals surface area (Å²) in [6, 6.07) is 11.8. The van der Waals surface area contributed by atoms with Gasteiger partial charge >= 0.3 is 7.60 Å². The van der Waals surface area contributed by atoms with Crippen molar-refractivity contribution in [1.29, 1.82) is 0 Å². The standard InChI is InChI=1S/C24H28Cl2NO6PS/c1-3-5-15-32-34(29,33-16-6-4-2)24(27-35(30,31)19-13-11-18(25)12-14-19)17-22(26)23(28)20-9-7-8-10-21(20)24/h7-14,17,27H,3-6,15-16H2,1-2H3. The smallest absolute Gasteiger partial charge is 0.307 e. The van der Waals surface area contributed by atoms with Crippen LogP contribution in [0.2, 0.25) is 5.02 Å². The Bertz CT molecular complexity index is 1230. The molecule has 1 atom stereocenters. The van der Waals surface area contributed by atoms with Gasteiger partial charge in [0.15, 0.2) is 5.28 Å². The number of hydrogen-bond donors (Lipinski definition) is 1. The number of carbonyl (C=O) groups excluding carboxylic acids is 1. The quantitative estimate of drug-likeness (QED) is 0.232. The molecule has 2 aromatic carbocycles. The number of hydrogen-bond acceptors (Lipinski definition) is 6. The van der Waals surface area contributed by atoms with Crippen molar-refractivity contribution in [3.8, 4) is 0 Å². The molecule has 0 bridgehead atoms. The average molecular weight is 560 g/mol. The summed E-state index contributed by atoms with van der Waals surface area (Å²) >= 11 is 12.3. The van der Waals surface area contributed by atoms with Gasteiger partial charge in [0, 0.05) is 16.1 Å². The van der Waals surface area contributed by atoms with Crippen LogP contribution in [0, 0.1) is 0 Å². The maximum absolute atomic E-state index is 14.6. The molecular formula is C24H28Cl2NO6PS. The Kier molecular flexibility index (Phi) is 9.38. The van der Waals surface area contributed by atoms with Crippen molar-refractivity contribution < 1.29 is 26.8 Å². The van der Waals surface area contributed by atoms with Crippen LogP contribution in [0.3, 0.4) is 0 Å². The van der Waals surface area contributed by atoms with Crippen LogP contribution in [0.25, 0.3) is 0 Å². The Balaban J connectivity index is 2.26. The van der Waals surface area contributed by atoms with Crippen LogP contribution in [0.4, 0.5) is 0 Å². The van der Waals surface area contributed by atoms with Gasteiger partial charge in [-0.05, 0) is 43.2 Å². The molecule has 0 heterocycles. The van der Waals surface area contributed by atoms with Gasteiger partial charge < -0.3 is 9.05 Å². The van der Waals surface area contributed by atoms with Gasteiger partial charge in [0.05, 0.1) is 23.1 Å². The molecule has 0 aromatic heterocycles. The normalized spacial score (nSPS) is 18.3. The van der Waals surface area contributed by atoms with Crippen LogP contribution in [-0.2, 0) is 28.9 Å². The van der Waals surface area contributed by atoms with Gasteiger partial charge in [-0.1, -0.05) is 74.2 Å². The summed E-state index contributed by atoms with van der Waals surface area (Å²) in [5.41, 5.74) is 0.250. The zero-order valence-electron chi connectivity index (χ0n) is 19.5. The number of Topliss-reactive ketones (excluding diaryl/α,β-unsaturated/α-hetero) is 1. The molecule has 0 saturated carbocycles. The third-order valence-electron chi connectivity index (χ3n) is 5.50. The van der Waals surface area contributed by atoms with Gasteiger partial charge in [0.2, 0.25) is 15.8 Å². The van der Waals surface area contributed by atoms with Crippen LogP contribution in [-0.4, -0.2) is 27.4 Å². The third kappa shape index (κ3) is 5.91.